The number of benzene rings is 1. The van der Waals surface area contributed by atoms with Crippen LogP contribution in [0.3, 0.4) is 0 Å². The quantitative estimate of drug-likeness (QED) is 0.773. The Bertz CT molecular complexity index is 652. The molecule has 2 aromatic rings. The molecule has 3 heteroatoms. The van der Waals surface area contributed by atoms with Gasteiger partial charge < -0.3 is 5.32 Å². The molecule has 1 atom stereocenters. The lowest BCUT2D eigenvalue weighted by molar-refractivity contribution is 0.683. The molecular formula is C18H21BrN2. The van der Waals surface area contributed by atoms with E-state index in [4.69, 9.17) is 0 Å². The molecule has 21 heavy (non-hydrogen) atoms. The summed E-state index contributed by atoms with van der Waals surface area (Å²) in [6.07, 6.45) is 7.02. The molecule has 0 spiro atoms. The number of aryl methyl sites for hydroxylation is 3. The maximum atomic E-state index is 4.35. The van der Waals surface area contributed by atoms with Gasteiger partial charge in [0, 0.05) is 6.04 Å². The Morgan fingerprint density at radius 1 is 1.14 bits per heavy atom. The number of fused-ring (bicyclic) bond motifs is 1. The summed E-state index contributed by atoms with van der Waals surface area (Å²) in [5, 5.41) is 3.55. The van der Waals surface area contributed by atoms with E-state index in [0.717, 1.165) is 15.9 Å². The summed E-state index contributed by atoms with van der Waals surface area (Å²) in [4.78, 5) is 4.35. The van der Waals surface area contributed by atoms with Crippen molar-refractivity contribution in [2.45, 2.75) is 45.6 Å². The predicted molar refractivity (Wildman–Crippen MR) is 91.8 cm³/mol. The number of anilines is 1. The Kier molecular flexibility index (Phi) is 4.29. The van der Waals surface area contributed by atoms with E-state index >= 15 is 0 Å². The number of hydrogen-bond donors (Lipinski definition) is 1. The highest BCUT2D eigenvalue weighted by Crippen LogP contribution is 2.27. The summed E-state index contributed by atoms with van der Waals surface area (Å²) in [6, 6.07) is 9.38. The van der Waals surface area contributed by atoms with Crippen LogP contribution in [0.2, 0.25) is 0 Å². The van der Waals surface area contributed by atoms with Crippen molar-refractivity contribution in [1.29, 1.82) is 0 Å². The molecule has 1 aliphatic carbocycles. The van der Waals surface area contributed by atoms with Crippen molar-refractivity contribution in [1.82, 2.24) is 4.98 Å². The molecule has 0 radical (unpaired) electrons. The molecule has 2 nitrogen and oxygen atoms in total. The first-order valence-electron chi connectivity index (χ1n) is 7.64. The van der Waals surface area contributed by atoms with Crippen molar-refractivity contribution in [2.24, 2.45) is 0 Å². The minimum absolute atomic E-state index is 0.291. The van der Waals surface area contributed by atoms with Crippen LogP contribution in [0.25, 0.3) is 0 Å². The largest absolute Gasteiger partial charge is 0.377 e. The van der Waals surface area contributed by atoms with Crippen LogP contribution in [-0.4, -0.2) is 4.98 Å². The van der Waals surface area contributed by atoms with Gasteiger partial charge in [0.1, 0.15) is 4.60 Å². The van der Waals surface area contributed by atoms with Gasteiger partial charge in [-0.3, -0.25) is 0 Å². The van der Waals surface area contributed by atoms with Crippen molar-refractivity contribution in [3.63, 3.8) is 0 Å². The summed E-state index contributed by atoms with van der Waals surface area (Å²) in [7, 11) is 0. The summed E-state index contributed by atoms with van der Waals surface area (Å²) in [5.41, 5.74) is 6.66. The van der Waals surface area contributed by atoms with E-state index in [1.165, 1.54) is 36.8 Å². The third kappa shape index (κ3) is 3.29. The number of rotatable bonds is 3. The second kappa shape index (κ2) is 6.18. The lowest BCUT2D eigenvalue weighted by Gasteiger charge is -2.20. The topological polar surface area (TPSA) is 24.9 Å². The molecule has 0 saturated heterocycles. The highest BCUT2D eigenvalue weighted by atomic mass is 79.9. The molecule has 1 heterocycles. The highest BCUT2D eigenvalue weighted by molar-refractivity contribution is 9.10. The molecule has 0 amide bonds. The second-order valence-electron chi connectivity index (χ2n) is 5.93. The third-order valence-electron chi connectivity index (χ3n) is 4.27. The van der Waals surface area contributed by atoms with Crippen molar-refractivity contribution >= 4 is 21.6 Å². The minimum Gasteiger partial charge on any atom is -0.377 e. The van der Waals surface area contributed by atoms with Crippen molar-refractivity contribution in [3.05, 3.63) is 57.3 Å². The first-order chi connectivity index (χ1) is 10.1. The first kappa shape index (κ1) is 14.6. The van der Waals surface area contributed by atoms with Crippen LogP contribution >= 0.6 is 15.9 Å². The van der Waals surface area contributed by atoms with Gasteiger partial charge in [0.2, 0.25) is 0 Å². The van der Waals surface area contributed by atoms with Crippen LogP contribution in [0.4, 0.5) is 5.69 Å². The van der Waals surface area contributed by atoms with Crippen LogP contribution in [0.5, 0.6) is 0 Å². The average molecular weight is 345 g/mol. The SMILES string of the molecule is Cc1cc(NC(C)c2ccc3c(c2)CCCC3)cnc1Br. The number of hydrogen-bond acceptors (Lipinski definition) is 2. The summed E-state index contributed by atoms with van der Waals surface area (Å²) < 4.78 is 0.912. The standard InChI is InChI=1S/C18H21BrN2/c1-12-9-17(11-20-18(12)19)21-13(2)15-8-7-14-5-3-4-6-16(14)10-15/h7-11,13,21H,3-6H2,1-2H3. The molecule has 1 aliphatic rings. The van der Waals surface area contributed by atoms with Gasteiger partial charge >= 0.3 is 0 Å². The molecule has 110 valence electrons. The molecule has 0 bridgehead atoms. The van der Waals surface area contributed by atoms with Crippen LogP contribution in [-0.2, 0) is 12.8 Å². The minimum atomic E-state index is 0.291. The number of nitrogens with one attached hydrogen (secondary N) is 1. The van der Waals surface area contributed by atoms with E-state index in [0.29, 0.717) is 6.04 Å². The number of pyridine rings is 1. The molecular weight excluding hydrogens is 324 g/mol. The zero-order chi connectivity index (χ0) is 14.8. The van der Waals surface area contributed by atoms with Gasteiger partial charge in [0.25, 0.3) is 0 Å². The van der Waals surface area contributed by atoms with E-state index in [2.05, 4.69) is 64.3 Å². The smallest absolute Gasteiger partial charge is 0.109 e. The van der Waals surface area contributed by atoms with Crippen LogP contribution < -0.4 is 5.32 Å². The molecule has 1 N–H and O–H groups in total. The fourth-order valence-corrected chi connectivity index (χ4v) is 3.21. The van der Waals surface area contributed by atoms with Gasteiger partial charge in [-0.1, -0.05) is 18.2 Å². The first-order valence-corrected chi connectivity index (χ1v) is 8.43. The predicted octanol–water partition coefficient (Wildman–Crippen LogP) is 5.20. The van der Waals surface area contributed by atoms with E-state index < -0.39 is 0 Å². The molecule has 0 fully saturated rings. The van der Waals surface area contributed by atoms with Crippen molar-refractivity contribution < 1.29 is 0 Å². The fraction of sp³-hybridized carbons (Fsp3) is 0.389. The Balaban J connectivity index is 1.78. The van der Waals surface area contributed by atoms with Crippen LogP contribution in [0.1, 0.15) is 48.1 Å². The van der Waals surface area contributed by atoms with Gasteiger partial charge in [-0.2, -0.15) is 0 Å². The van der Waals surface area contributed by atoms with E-state index in [9.17, 15) is 0 Å². The fourth-order valence-electron chi connectivity index (χ4n) is 2.99. The summed E-state index contributed by atoms with van der Waals surface area (Å²) >= 11 is 3.44. The maximum absolute atomic E-state index is 4.35. The Hall–Kier alpha value is -1.35. The van der Waals surface area contributed by atoms with E-state index in [-0.39, 0.29) is 0 Å². The maximum Gasteiger partial charge on any atom is 0.109 e. The van der Waals surface area contributed by atoms with Crippen LogP contribution in [0, 0.1) is 6.92 Å². The molecule has 0 aliphatic heterocycles. The Morgan fingerprint density at radius 3 is 2.67 bits per heavy atom. The summed E-state index contributed by atoms with van der Waals surface area (Å²) in [6.45, 7) is 4.27. The monoisotopic (exact) mass is 344 g/mol. The Morgan fingerprint density at radius 2 is 1.90 bits per heavy atom. The average Bonchev–Trinajstić information content (AvgIpc) is 2.50. The third-order valence-corrected chi connectivity index (χ3v) is 5.10. The molecule has 0 saturated carbocycles. The second-order valence-corrected chi connectivity index (χ2v) is 6.68. The summed E-state index contributed by atoms with van der Waals surface area (Å²) in [5.74, 6) is 0. The lowest BCUT2D eigenvalue weighted by Crippen LogP contribution is -2.10. The number of halogens is 1. The lowest BCUT2D eigenvalue weighted by atomic mass is 9.89. The highest BCUT2D eigenvalue weighted by Gasteiger charge is 2.12. The number of nitrogens with zero attached hydrogens (tertiary/aromatic N) is 1. The molecule has 1 aromatic heterocycles. The number of aromatic nitrogens is 1. The van der Waals surface area contributed by atoms with Crippen molar-refractivity contribution in [3.8, 4) is 0 Å². The van der Waals surface area contributed by atoms with E-state index in [1.54, 1.807) is 5.56 Å². The molecule has 1 aromatic carbocycles. The van der Waals surface area contributed by atoms with Gasteiger partial charge in [0.15, 0.2) is 0 Å². The van der Waals surface area contributed by atoms with Gasteiger partial charge in [-0.25, -0.2) is 4.98 Å². The Labute approximate surface area is 135 Å². The normalized spacial score (nSPS) is 15.4. The zero-order valence-electron chi connectivity index (χ0n) is 12.6. The van der Waals surface area contributed by atoms with E-state index in [1.807, 2.05) is 6.20 Å². The van der Waals surface area contributed by atoms with Gasteiger partial charge in [-0.05, 0) is 83.8 Å². The van der Waals surface area contributed by atoms with Gasteiger partial charge in [-0.15, -0.1) is 0 Å². The molecule has 1 unspecified atom stereocenters. The van der Waals surface area contributed by atoms with Gasteiger partial charge in [0.05, 0.1) is 11.9 Å². The van der Waals surface area contributed by atoms with Crippen molar-refractivity contribution in [2.75, 3.05) is 5.32 Å². The molecule has 3 rings (SSSR count). The van der Waals surface area contributed by atoms with Crippen LogP contribution in [0.15, 0.2) is 35.1 Å². The zero-order valence-corrected chi connectivity index (χ0v) is 14.2.